The minimum atomic E-state index is 0. The molecule has 1 aromatic carbocycles. The van der Waals surface area contributed by atoms with Crippen LogP contribution in [0.2, 0.25) is 0 Å². The number of rotatable bonds is 2. The molecule has 2 rings (SSSR count). The maximum absolute atomic E-state index is 4.07. The second kappa shape index (κ2) is 5.52. The molecule has 0 aliphatic heterocycles. The Morgan fingerprint density at radius 2 is 1.71 bits per heavy atom. The van der Waals surface area contributed by atoms with Gasteiger partial charge in [0.2, 0.25) is 0 Å². The van der Waals surface area contributed by atoms with Gasteiger partial charge in [0.05, 0.1) is 0 Å². The van der Waals surface area contributed by atoms with Crippen molar-refractivity contribution < 1.29 is 0 Å². The van der Waals surface area contributed by atoms with Crippen molar-refractivity contribution in [2.24, 2.45) is 0 Å². The summed E-state index contributed by atoms with van der Waals surface area (Å²) in [4.78, 5) is 0. The number of benzene rings is 1. The normalized spacial score (nSPS) is 9.14. The molecule has 0 unspecified atom stereocenters. The van der Waals surface area contributed by atoms with Crippen LogP contribution in [-0.4, -0.2) is 29.6 Å². The number of hydrogen-bond donors (Lipinski definition) is 0. The van der Waals surface area contributed by atoms with Gasteiger partial charge < -0.3 is 0 Å². The molecule has 0 saturated carbocycles. The van der Waals surface area contributed by atoms with E-state index < -0.39 is 0 Å². The van der Waals surface area contributed by atoms with Gasteiger partial charge >= 0.3 is 29.6 Å². The molecule has 14 heavy (non-hydrogen) atoms. The standard InChI is InChI=1S/C12H10S.Na.H/c1-10(12-7-8-13-9-12)11-5-3-2-4-6-11;;/h2-9H,1H2;;. The van der Waals surface area contributed by atoms with Crippen LogP contribution in [0.25, 0.3) is 5.57 Å². The quantitative estimate of drug-likeness (QED) is 0.668. The number of thiophene rings is 1. The third-order valence-electron chi connectivity index (χ3n) is 1.99. The molecular weight excluding hydrogens is 199 g/mol. The van der Waals surface area contributed by atoms with E-state index in [1.54, 1.807) is 11.3 Å². The van der Waals surface area contributed by atoms with Crippen LogP contribution in [-0.2, 0) is 0 Å². The molecule has 2 aromatic rings. The first-order valence-electron chi connectivity index (χ1n) is 4.15. The van der Waals surface area contributed by atoms with E-state index in [1.807, 2.05) is 18.2 Å². The molecule has 0 bridgehead atoms. The number of hydrogen-bond acceptors (Lipinski definition) is 1. The van der Waals surface area contributed by atoms with Crippen molar-refractivity contribution in [3.8, 4) is 0 Å². The minimum absolute atomic E-state index is 0. The summed E-state index contributed by atoms with van der Waals surface area (Å²) >= 11 is 1.70. The first-order chi connectivity index (χ1) is 6.38. The third-order valence-corrected chi connectivity index (χ3v) is 2.68. The average molecular weight is 210 g/mol. The summed E-state index contributed by atoms with van der Waals surface area (Å²) in [6.07, 6.45) is 0. The van der Waals surface area contributed by atoms with Gasteiger partial charge in [0, 0.05) is 0 Å². The molecule has 2 heteroatoms. The van der Waals surface area contributed by atoms with Crippen molar-refractivity contribution in [2.45, 2.75) is 0 Å². The fraction of sp³-hybridized carbons (Fsp3) is 0. The van der Waals surface area contributed by atoms with E-state index in [0.717, 1.165) is 5.57 Å². The van der Waals surface area contributed by atoms with Crippen molar-refractivity contribution in [1.29, 1.82) is 0 Å². The van der Waals surface area contributed by atoms with Gasteiger partial charge in [-0.1, -0.05) is 36.9 Å². The Kier molecular flexibility index (Phi) is 4.63. The Bertz CT molecular complexity index is 390. The first-order valence-corrected chi connectivity index (χ1v) is 5.09. The van der Waals surface area contributed by atoms with Crippen LogP contribution in [0.4, 0.5) is 0 Å². The summed E-state index contributed by atoms with van der Waals surface area (Å²) in [7, 11) is 0. The van der Waals surface area contributed by atoms with Gasteiger partial charge in [0.15, 0.2) is 0 Å². The topological polar surface area (TPSA) is 0 Å². The molecule has 0 atom stereocenters. The van der Waals surface area contributed by atoms with E-state index in [-0.39, 0.29) is 29.6 Å². The fourth-order valence-electron chi connectivity index (χ4n) is 1.24. The summed E-state index contributed by atoms with van der Waals surface area (Å²) in [5.74, 6) is 0. The van der Waals surface area contributed by atoms with Gasteiger partial charge in [-0.15, -0.1) is 0 Å². The first kappa shape index (κ1) is 11.7. The van der Waals surface area contributed by atoms with Crippen molar-refractivity contribution in [2.75, 3.05) is 0 Å². The van der Waals surface area contributed by atoms with Gasteiger partial charge in [-0.3, -0.25) is 0 Å². The van der Waals surface area contributed by atoms with Crippen molar-refractivity contribution in [3.63, 3.8) is 0 Å². The molecule has 0 N–H and O–H groups in total. The zero-order chi connectivity index (χ0) is 9.10. The molecule has 1 aromatic heterocycles. The van der Waals surface area contributed by atoms with Crippen molar-refractivity contribution in [3.05, 3.63) is 64.9 Å². The van der Waals surface area contributed by atoms with Crippen molar-refractivity contribution in [1.82, 2.24) is 0 Å². The van der Waals surface area contributed by atoms with E-state index in [4.69, 9.17) is 0 Å². The molecule has 0 fully saturated rings. The van der Waals surface area contributed by atoms with E-state index >= 15 is 0 Å². The monoisotopic (exact) mass is 210 g/mol. The van der Waals surface area contributed by atoms with E-state index in [2.05, 4.69) is 35.5 Å². The van der Waals surface area contributed by atoms with E-state index in [1.165, 1.54) is 11.1 Å². The van der Waals surface area contributed by atoms with Crippen LogP contribution < -0.4 is 0 Å². The SMILES string of the molecule is C=C(c1ccccc1)c1ccsc1.[NaH]. The predicted octanol–water partition coefficient (Wildman–Crippen LogP) is 3.16. The summed E-state index contributed by atoms with van der Waals surface area (Å²) in [5.41, 5.74) is 3.51. The second-order valence-electron chi connectivity index (χ2n) is 2.86. The van der Waals surface area contributed by atoms with E-state index in [9.17, 15) is 0 Å². The molecule has 0 saturated heterocycles. The molecule has 0 spiro atoms. The van der Waals surface area contributed by atoms with Crippen LogP contribution >= 0.6 is 11.3 Å². The molecule has 0 aliphatic rings. The van der Waals surface area contributed by atoms with Gasteiger partial charge in [-0.25, -0.2) is 0 Å². The van der Waals surface area contributed by atoms with E-state index in [0.29, 0.717) is 0 Å². The summed E-state index contributed by atoms with van der Waals surface area (Å²) < 4.78 is 0. The Morgan fingerprint density at radius 1 is 1.00 bits per heavy atom. The summed E-state index contributed by atoms with van der Waals surface area (Å²) in [6.45, 7) is 4.07. The van der Waals surface area contributed by atoms with Gasteiger partial charge in [0.25, 0.3) is 0 Å². The average Bonchev–Trinajstić information content (AvgIpc) is 2.71. The Labute approximate surface area is 111 Å². The maximum atomic E-state index is 4.07. The molecular formula is C12H11NaS. The molecule has 0 nitrogen and oxygen atoms in total. The van der Waals surface area contributed by atoms with Crippen LogP contribution in [0.15, 0.2) is 53.7 Å². The zero-order valence-electron chi connectivity index (χ0n) is 7.23. The second-order valence-corrected chi connectivity index (χ2v) is 3.64. The molecule has 0 radical (unpaired) electrons. The molecule has 66 valence electrons. The predicted molar refractivity (Wildman–Crippen MR) is 66.0 cm³/mol. The summed E-state index contributed by atoms with van der Waals surface area (Å²) in [6, 6.07) is 12.4. The Hall–Kier alpha value is -0.340. The van der Waals surface area contributed by atoms with Crippen LogP contribution in [0.3, 0.4) is 0 Å². The molecule has 0 amide bonds. The van der Waals surface area contributed by atoms with Gasteiger partial charge in [0.1, 0.15) is 0 Å². The Morgan fingerprint density at radius 3 is 2.29 bits per heavy atom. The van der Waals surface area contributed by atoms with Crippen molar-refractivity contribution >= 4 is 46.5 Å². The molecule has 0 aliphatic carbocycles. The zero-order valence-corrected chi connectivity index (χ0v) is 8.05. The van der Waals surface area contributed by atoms with Gasteiger partial charge in [-0.2, -0.15) is 11.3 Å². The third kappa shape index (κ3) is 2.58. The fourth-order valence-corrected chi connectivity index (χ4v) is 1.91. The van der Waals surface area contributed by atoms with Crippen LogP contribution in [0.5, 0.6) is 0 Å². The summed E-state index contributed by atoms with van der Waals surface area (Å²) in [5, 5.41) is 4.19. The van der Waals surface area contributed by atoms with Crippen LogP contribution in [0, 0.1) is 0 Å². The molecule has 1 heterocycles. The Balaban J connectivity index is 0.000000980. The van der Waals surface area contributed by atoms with Gasteiger partial charge in [-0.05, 0) is 33.5 Å². The van der Waals surface area contributed by atoms with Crippen LogP contribution in [0.1, 0.15) is 11.1 Å².